The predicted molar refractivity (Wildman–Crippen MR) is 68.0 cm³/mol. The van der Waals surface area contributed by atoms with Crippen LogP contribution >= 0.6 is 0 Å². The van der Waals surface area contributed by atoms with Crippen molar-refractivity contribution >= 4 is 17.5 Å². The monoisotopic (exact) mass is 234 g/mol. The van der Waals surface area contributed by atoms with Gasteiger partial charge in [-0.15, -0.1) is 0 Å². The number of amides is 2. The number of carbonyl (C=O) groups excluding carboxylic acids is 2. The van der Waals surface area contributed by atoms with Crippen molar-refractivity contribution in [3.8, 4) is 0 Å². The van der Waals surface area contributed by atoms with Crippen LogP contribution in [-0.4, -0.2) is 17.4 Å². The fourth-order valence-corrected chi connectivity index (χ4v) is 1.35. The maximum atomic E-state index is 11.9. The summed E-state index contributed by atoms with van der Waals surface area (Å²) < 4.78 is 0. The molecule has 4 heteroatoms. The number of nitrogens with one attached hydrogen (secondary N) is 2. The van der Waals surface area contributed by atoms with Crippen molar-refractivity contribution in [1.82, 2.24) is 5.32 Å². The van der Waals surface area contributed by atoms with E-state index in [4.69, 9.17) is 0 Å². The Morgan fingerprint density at radius 2 is 1.82 bits per heavy atom. The highest BCUT2D eigenvalue weighted by Gasteiger charge is 2.15. The average molecular weight is 234 g/mol. The van der Waals surface area contributed by atoms with Gasteiger partial charge in [0.2, 0.25) is 5.91 Å². The number of anilines is 1. The smallest absolute Gasteiger partial charge is 0.251 e. The van der Waals surface area contributed by atoms with Gasteiger partial charge in [-0.05, 0) is 39.0 Å². The summed E-state index contributed by atoms with van der Waals surface area (Å²) in [4.78, 5) is 22.8. The van der Waals surface area contributed by atoms with Crippen LogP contribution in [0.15, 0.2) is 24.3 Å². The van der Waals surface area contributed by atoms with Gasteiger partial charge < -0.3 is 10.6 Å². The Bertz CT molecular complexity index is 433. The number of rotatable bonds is 2. The number of hydrogen-bond acceptors (Lipinski definition) is 2. The highest BCUT2D eigenvalue weighted by molar-refractivity contribution is 5.97. The summed E-state index contributed by atoms with van der Waals surface area (Å²) >= 11 is 0. The summed E-state index contributed by atoms with van der Waals surface area (Å²) in [6, 6.07) is 6.85. The van der Waals surface area contributed by atoms with Crippen LogP contribution in [0.1, 0.15) is 38.1 Å². The van der Waals surface area contributed by atoms with Gasteiger partial charge in [0.25, 0.3) is 5.91 Å². The van der Waals surface area contributed by atoms with Crippen LogP contribution in [-0.2, 0) is 4.79 Å². The van der Waals surface area contributed by atoms with E-state index >= 15 is 0 Å². The zero-order chi connectivity index (χ0) is 13.1. The molecule has 0 spiro atoms. The Hall–Kier alpha value is -1.84. The van der Waals surface area contributed by atoms with E-state index < -0.39 is 0 Å². The average Bonchev–Trinajstić information content (AvgIpc) is 2.14. The molecule has 0 saturated carbocycles. The third-order valence-corrected chi connectivity index (χ3v) is 1.93. The number of carbonyl (C=O) groups is 2. The molecule has 0 fully saturated rings. The van der Waals surface area contributed by atoms with Gasteiger partial charge in [-0.3, -0.25) is 9.59 Å². The summed E-state index contributed by atoms with van der Waals surface area (Å²) in [6.45, 7) is 7.19. The third-order valence-electron chi connectivity index (χ3n) is 1.93. The predicted octanol–water partition coefficient (Wildman–Crippen LogP) is 2.17. The minimum absolute atomic E-state index is 0.148. The molecule has 0 aliphatic carbocycles. The van der Waals surface area contributed by atoms with Crippen LogP contribution < -0.4 is 10.6 Å². The third kappa shape index (κ3) is 4.68. The molecule has 0 bridgehead atoms. The van der Waals surface area contributed by atoms with Gasteiger partial charge in [0.05, 0.1) is 0 Å². The lowest BCUT2D eigenvalue weighted by Crippen LogP contribution is -2.40. The second-order valence-electron chi connectivity index (χ2n) is 4.97. The molecule has 2 amide bonds. The molecule has 0 radical (unpaired) electrons. The van der Waals surface area contributed by atoms with Crippen molar-refractivity contribution in [1.29, 1.82) is 0 Å². The topological polar surface area (TPSA) is 58.2 Å². The van der Waals surface area contributed by atoms with Gasteiger partial charge in [-0.25, -0.2) is 0 Å². The molecule has 2 N–H and O–H groups in total. The molecule has 0 aliphatic heterocycles. The van der Waals surface area contributed by atoms with E-state index in [1.807, 2.05) is 20.8 Å². The van der Waals surface area contributed by atoms with Crippen LogP contribution in [0.25, 0.3) is 0 Å². The van der Waals surface area contributed by atoms with Gasteiger partial charge in [0.15, 0.2) is 0 Å². The first-order chi connectivity index (χ1) is 7.78. The zero-order valence-corrected chi connectivity index (χ0v) is 10.6. The Kier molecular flexibility index (Phi) is 3.89. The van der Waals surface area contributed by atoms with Crippen LogP contribution in [0.5, 0.6) is 0 Å². The fourth-order valence-electron chi connectivity index (χ4n) is 1.35. The van der Waals surface area contributed by atoms with Gasteiger partial charge in [0.1, 0.15) is 0 Å². The lowest BCUT2D eigenvalue weighted by molar-refractivity contribution is -0.114. The van der Waals surface area contributed by atoms with Crippen molar-refractivity contribution in [2.45, 2.75) is 33.2 Å². The molecule has 0 heterocycles. The van der Waals surface area contributed by atoms with Crippen LogP contribution in [0.4, 0.5) is 5.69 Å². The lowest BCUT2D eigenvalue weighted by atomic mass is 10.1. The molecule has 1 rings (SSSR count). The highest BCUT2D eigenvalue weighted by atomic mass is 16.2. The quantitative estimate of drug-likeness (QED) is 0.824. The maximum Gasteiger partial charge on any atom is 0.251 e. The van der Waals surface area contributed by atoms with Crippen LogP contribution in [0, 0.1) is 0 Å². The first kappa shape index (κ1) is 13.2. The summed E-state index contributed by atoms with van der Waals surface area (Å²) in [6.07, 6.45) is 0. The maximum absolute atomic E-state index is 11.9. The van der Waals surface area contributed by atoms with Gasteiger partial charge in [-0.2, -0.15) is 0 Å². The molecule has 92 valence electrons. The molecule has 17 heavy (non-hydrogen) atoms. The van der Waals surface area contributed by atoms with Crippen molar-refractivity contribution in [3.05, 3.63) is 29.8 Å². The second kappa shape index (κ2) is 4.99. The summed E-state index contributed by atoms with van der Waals surface area (Å²) in [7, 11) is 0. The zero-order valence-electron chi connectivity index (χ0n) is 10.6. The molecule has 0 atom stereocenters. The van der Waals surface area contributed by atoms with E-state index in [9.17, 15) is 9.59 Å². The normalized spacial score (nSPS) is 10.8. The molecule has 0 unspecified atom stereocenters. The Labute approximate surface area is 101 Å². The first-order valence-corrected chi connectivity index (χ1v) is 5.48. The van der Waals surface area contributed by atoms with Crippen LogP contribution in [0.3, 0.4) is 0 Å². The van der Waals surface area contributed by atoms with Gasteiger partial charge >= 0.3 is 0 Å². The fraction of sp³-hybridized carbons (Fsp3) is 0.385. The first-order valence-electron chi connectivity index (χ1n) is 5.48. The van der Waals surface area contributed by atoms with Crippen molar-refractivity contribution < 1.29 is 9.59 Å². The largest absolute Gasteiger partial charge is 0.347 e. The summed E-state index contributed by atoms with van der Waals surface area (Å²) in [5.74, 6) is -0.303. The molecule has 1 aromatic carbocycles. The molecule has 0 aliphatic rings. The van der Waals surface area contributed by atoms with Gasteiger partial charge in [-0.1, -0.05) is 6.07 Å². The summed E-state index contributed by atoms with van der Waals surface area (Å²) in [5, 5.41) is 5.51. The van der Waals surface area contributed by atoms with Gasteiger partial charge in [0, 0.05) is 23.7 Å². The van der Waals surface area contributed by atoms with E-state index in [1.54, 1.807) is 24.3 Å². The Morgan fingerprint density at radius 3 is 2.35 bits per heavy atom. The minimum atomic E-state index is -0.277. The number of hydrogen-bond donors (Lipinski definition) is 2. The molecule has 1 aromatic rings. The van der Waals surface area contributed by atoms with E-state index in [0.717, 1.165) is 0 Å². The highest BCUT2D eigenvalue weighted by Crippen LogP contribution is 2.11. The van der Waals surface area contributed by atoms with E-state index in [1.165, 1.54) is 6.92 Å². The minimum Gasteiger partial charge on any atom is -0.347 e. The van der Waals surface area contributed by atoms with E-state index in [-0.39, 0.29) is 17.4 Å². The van der Waals surface area contributed by atoms with Crippen molar-refractivity contribution in [3.63, 3.8) is 0 Å². The SMILES string of the molecule is CC(=O)Nc1cccc(C(=O)NC(C)(C)C)c1. The molecular formula is C13H18N2O2. The van der Waals surface area contributed by atoms with E-state index in [0.29, 0.717) is 11.3 Å². The number of benzene rings is 1. The standard InChI is InChI=1S/C13H18N2O2/c1-9(16)14-11-7-5-6-10(8-11)12(17)15-13(2,3)4/h5-8H,1-4H3,(H,14,16)(H,15,17). The molecule has 0 saturated heterocycles. The van der Waals surface area contributed by atoms with Crippen LogP contribution in [0.2, 0.25) is 0 Å². The van der Waals surface area contributed by atoms with E-state index in [2.05, 4.69) is 10.6 Å². The molecular weight excluding hydrogens is 216 g/mol. The second-order valence-corrected chi connectivity index (χ2v) is 4.97. The Morgan fingerprint density at radius 1 is 1.18 bits per heavy atom. The molecule has 0 aromatic heterocycles. The van der Waals surface area contributed by atoms with Crippen molar-refractivity contribution in [2.75, 3.05) is 5.32 Å². The Balaban J connectivity index is 2.84. The van der Waals surface area contributed by atoms with Crippen molar-refractivity contribution in [2.24, 2.45) is 0 Å². The summed E-state index contributed by atoms with van der Waals surface area (Å²) in [5.41, 5.74) is 0.881. The lowest BCUT2D eigenvalue weighted by Gasteiger charge is -2.20. The molecule has 4 nitrogen and oxygen atoms in total.